The highest BCUT2D eigenvalue weighted by molar-refractivity contribution is 5.80. The first-order chi connectivity index (χ1) is 26.1. The maximum atomic E-state index is 12.5. The van der Waals surface area contributed by atoms with Crippen LogP contribution in [0.4, 0.5) is 0 Å². The van der Waals surface area contributed by atoms with Crippen molar-refractivity contribution in [1.82, 2.24) is 5.32 Å². The minimum Gasteiger partial charge on any atom is -0.394 e. The normalized spacial score (nSPS) is 13.5. The Labute approximate surface area is 331 Å². The maximum absolute atomic E-state index is 12.5. The minimum atomic E-state index is -1.09. The Morgan fingerprint density at radius 1 is 0.453 bits per heavy atom. The second kappa shape index (κ2) is 43.8. The van der Waals surface area contributed by atoms with Gasteiger partial charge in [-0.05, 0) is 19.3 Å². The molecule has 0 rings (SSSR count). The molecule has 5 nitrogen and oxygen atoms in total. The molecular formula is C48H95NO4. The zero-order chi connectivity index (χ0) is 38.7. The third kappa shape index (κ3) is 39.1. The van der Waals surface area contributed by atoms with E-state index in [2.05, 4.69) is 19.2 Å². The molecule has 0 spiro atoms. The lowest BCUT2D eigenvalue weighted by molar-refractivity contribution is -0.131. The molecule has 53 heavy (non-hydrogen) atoms. The van der Waals surface area contributed by atoms with E-state index in [-0.39, 0.29) is 6.61 Å². The molecule has 0 bridgehead atoms. The summed E-state index contributed by atoms with van der Waals surface area (Å²) in [5, 5.41) is 33.2. The highest BCUT2D eigenvalue weighted by atomic mass is 16.3. The van der Waals surface area contributed by atoms with Gasteiger partial charge in [0.15, 0.2) is 0 Å². The molecule has 0 fully saturated rings. The van der Waals surface area contributed by atoms with Gasteiger partial charge in [0.05, 0.1) is 18.8 Å². The van der Waals surface area contributed by atoms with Gasteiger partial charge in [0, 0.05) is 0 Å². The Bertz CT molecular complexity index is 743. The van der Waals surface area contributed by atoms with E-state index in [1.54, 1.807) is 6.08 Å². The van der Waals surface area contributed by atoms with E-state index >= 15 is 0 Å². The average molecular weight is 750 g/mol. The lowest BCUT2D eigenvalue weighted by atomic mass is 10.0. The van der Waals surface area contributed by atoms with E-state index in [9.17, 15) is 20.1 Å². The van der Waals surface area contributed by atoms with E-state index in [0.717, 1.165) is 32.1 Å². The van der Waals surface area contributed by atoms with Crippen LogP contribution in [0.25, 0.3) is 0 Å². The van der Waals surface area contributed by atoms with Crippen LogP contribution in [0, 0.1) is 0 Å². The van der Waals surface area contributed by atoms with Crippen molar-refractivity contribution >= 4 is 5.91 Å². The molecule has 3 atom stereocenters. The lowest BCUT2D eigenvalue weighted by Gasteiger charge is -2.21. The summed E-state index contributed by atoms with van der Waals surface area (Å²) >= 11 is 0. The van der Waals surface area contributed by atoms with Crippen LogP contribution in [0.5, 0.6) is 0 Å². The number of aliphatic hydroxyl groups excluding tert-OH is 3. The fraction of sp³-hybridized carbons (Fsp3) is 0.938. The molecule has 0 aromatic carbocycles. The summed E-state index contributed by atoms with van der Waals surface area (Å²) < 4.78 is 0. The van der Waals surface area contributed by atoms with E-state index in [1.807, 2.05) is 6.08 Å². The van der Waals surface area contributed by atoms with Crippen molar-refractivity contribution in [1.29, 1.82) is 0 Å². The monoisotopic (exact) mass is 750 g/mol. The van der Waals surface area contributed by atoms with Crippen LogP contribution in [0.1, 0.15) is 264 Å². The zero-order valence-electron chi connectivity index (χ0n) is 35.9. The molecular weight excluding hydrogens is 655 g/mol. The molecule has 0 saturated heterocycles. The third-order valence-electron chi connectivity index (χ3n) is 11.4. The Hall–Kier alpha value is -0.910. The fourth-order valence-corrected chi connectivity index (χ4v) is 7.60. The molecule has 0 radical (unpaired) electrons. The summed E-state index contributed by atoms with van der Waals surface area (Å²) in [6, 6.07) is -0.793. The van der Waals surface area contributed by atoms with Gasteiger partial charge in [0.1, 0.15) is 6.10 Å². The number of aliphatic hydroxyl groups is 3. The van der Waals surface area contributed by atoms with Crippen molar-refractivity contribution in [2.24, 2.45) is 0 Å². The van der Waals surface area contributed by atoms with Gasteiger partial charge in [-0.2, -0.15) is 0 Å². The largest absolute Gasteiger partial charge is 0.394 e. The fourth-order valence-electron chi connectivity index (χ4n) is 7.60. The van der Waals surface area contributed by atoms with Crippen LogP contribution < -0.4 is 5.32 Å². The summed E-state index contributed by atoms with van der Waals surface area (Å²) in [7, 11) is 0. The standard InChI is InChI=1S/C48H95NO4/c1-3-5-7-9-11-13-15-17-19-21-22-23-24-25-27-29-31-33-35-37-39-41-43-47(52)48(53)49-45(44-50)46(51)42-40-38-36-34-32-30-28-26-20-18-16-14-12-10-8-6-4-2/h40,42,45-47,50-52H,3-39,41,43-44H2,1-2H3,(H,49,53)/b42-40+. The van der Waals surface area contributed by atoms with Gasteiger partial charge >= 0.3 is 0 Å². The van der Waals surface area contributed by atoms with Crippen molar-refractivity contribution in [3.8, 4) is 0 Å². The van der Waals surface area contributed by atoms with E-state index in [1.165, 1.54) is 212 Å². The average Bonchev–Trinajstić information content (AvgIpc) is 3.16. The smallest absolute Gasteiger partial charge is 0.249 e. The van der Waals surface area contributed by atoms with Gasteiger partial charge in [-0.3, -0.25) is 4.79 Å². The van der Waals surface area contributed by atoms with Crippen LogP contribution in [0.3, 0.4) is 0 Å². The number of hydrogen-bond acceptors (Lipinski definition) is 4. The second-order valence-electron chi connectivity index (χ2n) is 16.7. The van der Waals surface area contributed by atoms with Gasteiger partial charge in [-0.1, -0.05) is 257 Å². The van der Waals surface area contributed by atoms with E-state index in [0.29, 0.717) is 6.42 Å². The van der Waals surface area contributed by atoms with Gasteiger partial charge < -0.3 is 20.6 Å². The number of carbonyl (C=O) groups excluding carboxylic acids is 1. The molecule has 0 aliphatic rings. The molecule has 0 saturated carbocycles. The van der Waals surface area contributed by atoms with Crippen LogP contribution in [0.15, 0.2) is 12.2 Å². The Balaban J connectivity index is 3.59. The number of hydrogen-bond donors (Lipinski definition) is 4. The Kier molecular flexibility index (Phi) is 43.1. The van der Waals surface area contributed by atoms with Crippen molar-refractivity contribution in [3.63, 3.8) is 0 Å². The molecule has 316 valence electrons. The third-order valence-corrected chi connectivity index (χ3v) is 11.4. The van der Waals surface area contributed by atoms with Crippen molar-refractivity contribution in [2.45, 2.75) is 283 Å². The van der Waals surface area contributed by atoms with Crippen LogP contribution in [-0.2, 0) is 4.79 Å². The Morgan fingerprint density at radius 2 is 0.736 bits per heavy atom. The number of carbonyl (C=O) groups is 1. The zero-order valence-corrected chi connectivity index (χ0v) is 35.9. The van der Waals surface area contributed by atoms with Crippen LogP contribution in [0.2, 0.25) is 0 Å². The molecule has 0 aromatic heterocycles. The van der Waals surface area contributed by atoms with Gasteiger partial charge in [0.25, 0.3) is 0 Å². The first-order valence-electron chi connectivity index (χ1n) is 24.0. The molecule has 5 heteroatoms. The first kappa shape index (κ1) is 52.1. The molecule has 3 unspecified atom stereocenters. The predicted molar refractivity (Wildman–Crippen MR) is 232 cm³/mol. The summed E-state index contributed by atoms with van der Waals surface area (Å²) in [5.74, 6) is -0.498. The maximum Gasteiger partial charge on any atom is 0.249 e. The molecule has 0 aliphatic carbocycles. The van der Waals surface area contributed by atoms with Gasteiger partial charge in [0.2, 0.25) is 5.91 Å². The summed E-state index contributed by atoms with van der Waals surface area (Å²) in [4.78, 5) is 12.5. The lowest BCUT2D eigenvalue weighted by Crippen LogP contribution is -2.48. The molecule has 0 aliphatic heterocycles. The molecule has 1 amide bonds. The highest BCUT2D eigenvalue weighted by Gasteiger charge is 2.22. The number of nitrogens with one attached hydrogen (secondary N) is 1. The number of unbranched alkanes of at least 4 members (excludes halogenated alkanes) is 36. The van der Waals surface area contributed by atoms with Crippen LogP contribution in [-0.4, -0.2) is 46.1 Å². The number of allylic oxidation sites excluding steroid dienone is 1. The van der Waals surface area contributed by atoms with E-state index < -0.39 is 24.2 Å². The quantitative estimate of drug-likeness (QED) is 0.0369. The predicted octanol–water partition coefficient (Wildman–Crippen LogP) is 14.0. The van der Waals surface area contributed by atoms with Crippen molar-refractivity contribution < 1.29 is 20.1 Å². The molecule has 4 N–H and O–H groups in total. The summed E-state index contributed by atoms with van der Waals surface area (Å²) in [5.41, 5.74) is 0. The first-order valence-corrected chi connectivity index (χ1v) is 24.0. The minimum absolute atomic E-state index is 0.359. The van der Waals surface area contributed by atoms with Crippen LogP contribution >= 0.6 is 0 Å². The van der Waals surface area contributed by atoms with Crippen molar-refractivity contribution in [3.05, 3.63) is 12.2 Å². The van der Waals surface area contributed by atoms with Gasteiger partial charge in [-0.15, -0.1) is 0 Å². The molecule has 0 heterocycles. The highest BCUT2D eigenvalue weighted by Crippen LogP contribution is 2.17. The van der Waals surface area contributed by atoms with Gasteiger partial charge in [-0.25, -0.2) is 0 Å². The summed E-state index contributed by atoms with van der Waals surface area (Å²) in [6.45, 7) is 4.21. The molecule has 0 aromatic rings. The SMILES string of the molecule is CCCCCCCCCCCCCCCCC/C=C/C(O)C(CO)NC(=O)C(O)CCCCCCCCCCCCCCCCCCCCCCCC. The number of rotatable bonds is 44. The number of amides is 1. The Morgan fingerprint density at radius 3 is 1.04 bits per heavy atom. The second-order valence-corrected chi connectivity index (χ2v) is 16.7. The van der Waals surface area contributed by atoms with Crippen molar-refractivity contribution in [2.75, 3.05) is 6.61 Å². The topological polar surface area (TPSA) is 89.8 Å². The summed E-state index contributed by atoms with van der Waals surface area (Å²) in [6.07, 6.45) is 52.5. The van der Waals surface area contributed by atoms with E-state index in [4.69, 9.17) is 0 Å².